The molecule has 2 amide bonds. The Balaban J connectivity index is 1.74. The molecule has 0 aliphatic rings. The fourth-order valence-electron chi connectivity index (χ4n) is 2.74. The third-order valence-electron chi connectivity index (χ3n) is 4.22. The lowest BCUT2D eigenvalue weighted by atomic mass is 10.1. The van der Waals surface area contributed by atoms with E-state index >= 15 is 0 Å². The molecule has 0 saturated carbocycles. The summed E-state index contributed by atoms with van der Waals surface area (Å²) in [5.74, 6) is 0.0588. The lowest BCUT2D eigenvalue weighted by Crippen LogP contribution is -2.30. The van der Waals surface area contributed by atoms with Crippen molar-refractivity contribution in [1.29, 1.82) is 0 Å². The van der Waals surface area contributed by atoms with Crippen LogP contribution in [-0.4, -0.2) is 35.0 Å². The zero-order valence-corrected chi connectivity index (χ0v) is 15.3. The summed E-state index contributed by atoms with van der Waals surface area (Å²) in [6.45, 7) is 5.13. The van der Waals surface area contributed by atoms with Crippen LogP contribution in [0.15, 0.2) is 65.2 Å². The molecule has 6 heteroatoms. The van der Waals surface area contributed by atoms with Gasteiger partial charge in [0.25, 0.3) is 11.8 Å². The molecule has 0 saturated heterocycles. The van der Waals surface area contributed by atoms with E-state index < -0.39 is 5.91 Å². The molecule has 6 nitrogen and oxygen atoms in total. The van der Waals surface area contributed by atoms with E-state index in [0.29, 0.717) is 30.1 Å². The molecular weight excluding hydrogens is 342 g/mol. The van der Waals surface area contributed by atoms with Crippen LogP contribution in [0, 0.1) is 0 Å². The Kier molecular flexibility index (Phi) is 5.66. The number of anilines is 1. The first-order valence-corrected chi connectivity index (χ1v) is 8.85. The highest BCUT2D eigenvalue weighted by molar-refractivity contribution is 6.04. The largest absolute Gasteiger partial charge is 0.355 e. The Morgan fingerprint density at radius 1 is 1.00 bits per heavy atom. The number of carbonyl (C=O) groups excluding carboxylic acids is 2. The minimum atomic E-state index is -0.395. The average Bonchev–Trinajstić information content (AvgIpc) is 3.20. The van der Waals surface area contributed by atoms with Gasteiger partial charge in [0, 0.05) is 36.0 Å². The summed E-state index contributed by atoms with van der Waals surface area (Å²) in [6, 6.07) is 17.9. The van der Waals surface area contributed by atoms with Crippen molar-refractivity contribution in [3.8, 4) is 11.3 Å². The standard InChI is InChI=1S/C21H21N3O3/c1-3-24(4-2)21(26)16-11-8-12-17(13-16)22-20(25)18-14-19(27-23-18)15-9-6-5-7-10-15/h5-14H,3-4H2,1-2H3,(H,22,25). The Morgan fingerprint density at radius 3 is 2.44 bits per heavy atom. The molecule has 0 atom stereocenters. The molecule has 0 unspecified atom stereocenters. The smallest absolute Gasteiger partial charge is 0.277 e. The summed E-state index contributed by atoms with van der Waals surface area (Å²) in [7, 11) is 0. The van der Waals surface area contributed by atoms with Gasteiger partial charge in [0.2, 0.25) is 0 Å². The molecule has 2 aromatic carbocycles. The van der Waals surface area contributed by atoms with Crippen LogP contribution < -0.4 is 5.32 Å². The topological polar surface area (TPSA) is 75.4 Å². The van der Waals surface area contributed by atoms with E-state index in [1.807, 2.05) is 44.2 Å². The molecule has 0 spiro atoms. The van der Waals surface area contributed by atoms with E-state index in [1.54, 1.807) is 35.2 Å². The second-order valence-electron chi connectivity index (χ2n) is 5.95. The van der Waals surface area contributed by atoms with Gasteiger partial charge in [-0.15, -0.1) is 0 Å². The van der Waals surface area contributed by atoms with Gasteiger partial charge in [0.15, 0.2) is 11.5 Å². The summed E-state index contributed by atoms with van der Waals surface area (Å²) in [4.78, 5) is 26.6. The Labute approximate surface area is 157 Å². The predicted molar refractivity (Wildman–Crippen MR) is 104 cm³/mol. The summed E-state index contributed by atoms with van der Waals surface area (Å²) in [6.07, 6.45) is 0. The highest BCUT2D eigenvalue weighted by Crippen LogP contribution is 2.20. The van der Waals surface area contributed by atoms with Crippen LogP contribution in [0.1, 0.15) is 34.7 Å². The van der Waals surface area contributed by atoms with Gasteiger partial charge >= 0.3 is 0 Å². The second kappa shape index (κ2) is 8.31. The van der Waals surface area contributed by atoms with Crippen LogP contribution in [0.4, 0.5) is 5.69 Å². The summed E-state index contributed by atoms with van der Waals surface area (Å²) in [5, 5.41) is 6.60. The molecule has 3 rings (SSSR count). The molecule has 3 aromatic rings. The minimum Gasteiger partial charge on any atom is -0.355 e. The molecule has 0 fully saturated rings. The van der Waals surface area contributed by atoms with Gasteiger partial charge in [-0.05, 0) is 32.0 Å². The fourth-order valence-corrected chi connectivity index (χ4v) is 2.74. The molecule has 0 bridgehead atoms. The molecule has 0 aliphatic carbocycles. The van der Waals surface area contributed by atoms with Crippen molar-refractivity contribution in [3.05, 3.63) is 71.9 Å². The zero-order chi connectivity index (χ0) is 19.2. The van der Waals surface area contributed by atoms with E-state index in [0.717, 1.165) is 5.56 Å². The molecule has 1 aromatic heterocycles. The van der Waals surface area contributed by atoms with Crippen LogP contribution in [0.5, 0.6) is 0 Å². The van der Waals surface area contributed by atoms with E-state index in [4.69, 9.17) is 4.52 Å². The number of aromatic nitrogens is 1. The van der Waals surface area contributed by atoms with Crippen molar-refractivity contribution in [2.75, 3.05) is 18.4 Å². The van der Waals surface area contributed by atoms with E-state index in [-0.39, 0.29) is 11.6 Å². The maximum absolute atomic E-state index is 12.5. The summed E-state index contributed by atoms with van der Waals surface area (Å²) < 4.78 is 5.26. The molecule has 0 radical (unpaired) electrons. The first-order chi connectivity index (χ1) is 13.1. The van der Waals surface area contributed by atoms with Gasteiger partial charge < -0.3 is 14.7 Å². The Morgan fingerprint density at radius 2 is 1.74 bits per heavy atom. The quantitative estimate of drug-likeness (QED) is 0.716. The van der Waals surface area contributed by atoms with E-state index in [1.165, 1.54) is 0 Å². The van der Waals surface area contributed by atoms with Gasteiger partial charge in [0.05, 0.1) is 0 Å². The van der Waals surface area contributed by atoms with Crippen molar-refractivity contribution in [3.63, 3.8) is 0 Å². The van der Waals surface area contributed by atoms with E-state index in [2.05, 4.69) is 10.5 Å². The van der Waals surface area contributed by atoms with Crippen LogP contribution >= 0.6 is 0 Å². The number of hydrogen-bond acceptors (Lipinski definition) is 4. The van der Waals surface area contributed by atoms with Crippen LogP contribution in [0.2, 0.25) is 0 Å². The fraction of sp³-hybridized carbons (Fsp3) is 0.190. The zero-order valence-electron chi connectivity index (χ0n) is 15.3. The van der Waals surface area contributed by atoms with Crippen LogP contribution in [0.3, 0.4) is 0 Å². The van der Waals surface area contributed by atoms with Gasteiger partial charge in [-0.25, -0.2) is 0 Å². The van der Waals surface area contributed by atoms with Crippen molar-refractivity contribution in [2.45, 2.75) is 13.8 Å². The van der Waals surface area contributed by atoms with Crippen molar-refractivity contribution in [2.24, 2.45) is 0 Å². The van der Waals surface area contributed by atoms with Crippen molar-refractivity contribution in [1.82, 2.24) is 10.1 Å². The van der Waals surface area contributed by atoms with Crippen LogP contribution in [-0.2, 0) is 0 Å². The first kappa shape index (κ1) is 18.4. The summed E-state index contributed by atoms with van der Waals surface area (Å²) in [5.41, 5.74) is 2.08. The number of benzene rings is 2. The molecule has 138 valence electrons. The highest BCUT2D eigenvalue weighted by Gasteiger charge is 2.16. The number of nitrogens with one attached hydrogen (secondary N) is 1. The van der Waals surface area contributed by atoms with E-state index in [9.17, 15) is 9.59 Å². The normalized spacial score (nSPS) is 10.4. The minimum absolute atomic E-state index is 0.0658. The monoisotopic (exact) mass is 363 g/mol. The first-order valence-electron chi connectivity index (χ1n) is 8.85. The molecule has 0 aliphatic heterocycles. The number of nitrogens with zero attached hydrogens (tertiary/aromatic N) is 2. The lowest BCUT2D eigenvalue weighted by Gasteiger charge is -2.18. The van der Waals surface area contributed by atoms with Gasteiger partial charge in [-0.1, -0.05) is 41.6 Å². The lowest BCUT2D eigenvalue weighted by molar-refractivity contribution is 0.0772. The SMILES string of the molecule is CCN(CC)C(=O)c1cccc(NC(=O)c2cc(-c3ccccc3)on2)c1. The molecular formula is C21H21N3O3. The number of rotatable bonds is 6. The van der Waals surface area contributed by atoms with Gasteiger partial charge in [-0.2, -0.15) is 0 Å². The second-order valence-corrected chi connectivity index (χ2v) is 5.95. The molecule has 27 heavy (non-hydrogen) atoms. The third kappa shape index (κ3) is 4.23. The number of carbonyl (C=O) groups is 2. The summed E-state index contributed by atoms with van der Waals surface area (Å²) >= 11 is 0. The number of amides is 2. The average molecular weight is 363 g/mol. The third-order valence-corrected chi connectivity index (χ3v) is 4.22. The highest BCUT2D eigenvalue weighted by atomic mass is 16.5. The number of hydrogen-bond donors (Lipinski definition) is 1. The maximum Gasteiger partial charge on any atom is 0.277 e. The van der Waals surface area contributed by atoms with Crippen molar-refractivity contribution >= 4 is 17.5 Å². The molecule has 1 N–H and O–H groups in total. The Hall–Kier alpha value is -3.41. The Bertz CT molecular complexity index is 931. The van der Waals surface area contributed by atoms with Gasteiger partial charge in [-0.3, -0.25) is 9.59 Å². The maximum atomic E-state index is 12.5. The van der Waals surface area contributed by atoms with Crippen LogP contribution in [0.25, 0.3) is 11.3 Å². The predicted octanol–water partition coefficient (Wildman–Crippen LogP) is 4.08. The van der Waals surface area contributed by atoms with Crippen molar-refractivity contribution < 1.29 is 14.1 Å². The van der Waals surface area contributed by atoms with Gasteiger partial charge in [0.1, 0.15) is 0 Å². The molecule has 1 heterocycles.